The summed E-state index contributed by atoms with van der Waals surface area (Å²) in [5, 5.41) is 3.08. The van der Waals surface area contributed by atoms with Gasteiger partial charge in [-0.15, -0.1) is 0 Å². The first-order valence-corrected chi connectivity index (χ1v) is 11.8. The van der Waals surface area contributed by atoms with Crippen LogP contribution in [0.5, 0.6) is 0 Å². The number of halogens is 1. The molecule has 2 aromatic rings. The van der Waals surface area contributed by atoms with Gasteiger partial charge in [0.2, 0.25) is 5.91 Å². The van der Waals surface area contributed by atoms with Crippen LogP contribution in [0.4, 0.5) is 15.8 Å². The lowest BCUT2D eigenvalue weighted by Crippen LogP contribution is -2.41. The first-order chi connectivity index (χ1) is 15.7. The average molecular weight is 454 g/mol. The molecule has 1 N–H and O–H groups in total. The molecule has 2 aromatic carbocycles. The van der Waals surface area contributed by atoms with Gasteiger partial charge in [-0.2, -0.15) is 0 Å². The number of carbonyl (C=O) groups is 2. The SMILES string of the molecule is CC(C)[C@@H](C)N(Cc1cc(NC(=O)C2CCCC2)ccc1N(C)C)C(=O)c1ccc(F)cc1. The highest BCUT2D eigenvalue weighted by molar-refractivity contribution is 5.95. The highest BCUT2D eigenvalue weighted by Crippen LogP contribution is 2.29. The maximum Gasteiger partial charge on any atom is 0.254 e. The molecule has 0 aromatic heterocycles. The summed E-state index contributed by atoms with van der Waals surface area (Å²) in [6, 6.07) is 11.5. The number of carbonyl (C=O) groups excluding carboxylic acids is 2. The molecular formula is C27H36FN3O2. The van der Waals surface area contributed by atoms with Crippen LogP contribution in [-0.4, -0.2) is 36.9 Å². The Morgan fingerprint density at radius 1 is 1.03 bits per heavy atom. The largest absolute Gasteiger partial charge is 0.377 e. The molecule has 178 valence electrons. The molecule has 1 saturated carbocycles. The van der Waals surface area contributed by atoms with Crippen LogP contribution in [0.1, 0.15) is 62.4 Å². The van der Waals surface area contributed by atoms with E-state index in [0.717, 1.165) is 42.6 Å². The Kier molecular flexibility index (Phi) is 8.11. The second kappa shape index (κ2) is 10.8. The summed E-state index contributed by atoms with van der Waals surface area (Å²) in [6.45, 7) is 6.59. The molecule has 0 saturated heterocycles. The highest BCUT2D eigenvalue weighted by Gasteiger charge is 2.26. The zero-order chi connectivity index (χ0) is 24.1. The molecule has 3 rings (SSSR count). The van der Waals surface area contributed by atoms with Gasteiger partial charge in [0.05, 0.1) is 0 Å². The zero-order valence-electron chi connectivity index (χ0n) is 20.4. The summed E-state index contributed by atoms with van der Waals surface area (Å²) in [6.07, 6.45) is 4.10. The molecule has 33 heavy (non-hydrogen) atoms. The maximum absolute atomic E-state index is 13.4. The molecule has 0 spiro atoms. The van der Waals surface area contributed by atoms with Crippen LogP contribution >= 0.6 is 0 Å². The van der Waals surface area contributed by atoms with Gasteiger partial charge in [0.15, 0.2) is 0 Å². The highest BCUT2D eigenvalue weighted by atomic mass is 19.1. The predicted octanol–water partition coefficient (Wildman–Crippen LogP) is 5.71. The lowest BCUT2D eigenvalue weighted by Gasteiger charge is -2.33. The van der Waals surface area contributed by atoms with E-state index in [1.54, 1.807) is 0 Å². The number of benzene rings is 2. The maximum atomic E-state index is 13.4. The second-order valence-corrected chi connectivity index (χ2v) is 9.63. The van der Waals surface area contributed by atoms with Crippen molar-refractivity contribution in [3.63, 3.8) is 0 Å². The van der Waals surface area contributed by atoms with Gasteiger partial charge < -0.3 is 15.1 Å². The van der Waals surface area contributed by atoms with E-state index >= 15 is 0 Å². The number of hydrogen-bond donors (Lipinski definition) is 1. The molecule has 0 heterocycles. The molecule has 1 aliphatic carbocycles. The van der Waals surface area contributed by atoms with Gasteiger partial charge in [0.1, 0.15) is 5.82 Å². The number of anilines is 2. The van der Waals surface area contributed by atoms with E-state index in [1.165, 1.54) is 24.3 Å². The molecule has 0 radical (unpaired) electrons. The lowest BCUT2D eigenvalue weighted by atomic mass is 10.0. The topological polar surface area (TPSA) is 52.7 Å². The molecule has 5 nitrogen and oxygen atoms in total. The van der Waals surface area contributed by atoms with Crippen molar-refractivity contribution in [2.45, 2.75) is 59.0 Å². The van der Waals surface area contributed by atoms with Crippen molar-refractivity contribution in [1.29, 1.82) is 0 Å². The normalized spacial score (nSPS) is 14.9. The molecule has 1 atom stereocenters. The van der Waals surface area contributed by atoms with E-state index in [2.05, 4.69) is 19.2 Å². The number of hydrogen-bond acceptors (Lipinski definition) is 3. The Morgan fingerprint density at radius 2 is 1.67 bits per heavy atom. The third-order valence-corrected chi connectivity index (χ3v) is 6.70. The van der Waals surface area contributed by atoms with Crippen LogP contribution < -0.4 is 10.2 Å². The monoisotopic (exact) mass is 453 g/mol. The number of nitrogens with zero attached hydrogens (tertiary/aromatic N) is 2. The summed E-state index contributed by atoms with van der Waals surface area (Å²) in [5.74, 6) is -0.107. The van der Waals surface area contributed by atoms with Crippen molar-refractivity contribution in [1.82, 2.24) is 4.90 Å². The van der Waals surface area contributed by atoms with Crippen LogP contribution in [0.2, 0.25) is 0 Å². The Morgan fingerprint density at radius 3 is 2.24 bits per heavy atom. The fourth-order valence-electron chi connectivity index (χ4n) is 4.36. The van der Waals surface area contributed by atoms with E-state index in [4.69, 9.17) is 0 Å². The van der Waals surface area contributed by atoms with Gasteiger partial charge >= 0.3 is 0 Å². The summed E-state index contributed by atoms with van der Waals surface area (Å²) in [7, 11) is 3.93. The van der Waals surface area contributed by atoms with Gasteiger partial charge in [-0.1, -0.05) is 26.7 Å². The Hall–Kier alpha value is -2.89. The van der Waals surface area contributed by atoms with E-state index in [9.17, 15) is 14.0 Å². The minimum atomic E-state index is -0.365. The predicted molar refractivity (Wildman–Crippen MR) is 132 cm³/mol. The van der Waals surface area contributed by atoms with Gasteiger partial charge in [-0.25, -0.2) is 4.39 Å². The van der Waals surface area contributed by atoms with Crippen molar-refractivity contribution in [3.8, 4) is 0 Å². The van der Waals surface area contributed by atoms with E-state index in [-0.39, 0.29) is 35.5 Å². The van der Waals surface area contributed by atoms with Crippen molar-refractivity contribution < 1.29 is 14.0 Å². The molecular weight excluding hydrogens is 417 g/mol. The summed E-state index contributed by atoms with van der Waals surface area (Å²) in [5.41, 5.74) is 3.15. The van der Waals surface area contributed by atoms with Crippen LogP contribution in [0.3, 0.4) is 0 Å². The smallest absolute Gasteiger partial charge is 0.254 e. The second-order valence-electron chi connectivity index (χ2n) is 9.63. The van der Waals surface area contributed by atoms with Crippen LogP contribution in [0.15, 0.2) is 42.5 Å². The third kappa shape index (κ3) is 6.12. The molecule has 2 amide bonds. The van der Waals surface area contributed by atoms with Gasteiger partial charge in [-0.05, 0) is 73.7 Å². The molecule has 0 unspecified atom stereocenters. The summed E-state index contributed by atoms with van der Waals surface area (Å²) < 4.78 is 13.4. The number of nitrogens with one attached hydrogen (secondary N) is 1. The van der Waals surface area contributed by atoms with Gasteiger partial charge in [-0.3, -0.25) is 9.59 Å². The van der Waals surface area contributed by atoms with Crippen LogP contribution in [0, 0.1) is 17.7 Å². The Balaban J connectivity index is 1.91. The lowest BCUT2D eigenvalue weighted by molar-refractivity contribution is -0.119. The van der Waals surface area contributed by atoms with Crippen molar-refractivity contribution >= 4 is 23.2 Å². The third-order valence-electron chi connectivity index (χ3n) is 6.70. The van der Waals surface area contributed by atoms with Crippen molar-refractivity contribution in [2.24, 2.45) is 11.8 Å². The first-order valence-electron chi connectivity index (χ1n) is 11.8. The van der Waals surface area contributed by atoms with Crippen LogP contribution in [0.25, 0.3) is 0 Å². The van der Waals surface area contributed by atoms with E-state index in [0.29, 0.717) is 12.1 Å². The van der Waals surface area contributed by atoms with Gasteiger partial charge in [0, 0.05) is 49.5 Å². The minimum Gasteiger partial charge on any atom is -0.377 e. The molecule has 1 aliphatic rings. The fourth-order valence-corrected chi connectivity index (χ4v) is 4.36. The molecule has 0 bridgehead atoms. The van der Waals surface area contributed by atoms with E-state index < -0.39 is 0 Å². The standard InChI is InChI=1S/C27H36FN3O2/c1-18(2)19(3)31(27(33)21-10-12-23(28)13-11-21)17-22-16-24(14-15-25(22)30(4)5)29-26(32)20-8-6-7-9-20/h10-16,18-20H,6-9,17H2,1-5H3,(H,29,32)/t19-/m1/s1. The van der Waals surface area contributed by atoms with Crippen LogP contribution in [-0.2, 0) is 11.3 Å². The number of rotatable bonds is 8. The van der Waals surface area contributed by atoms with Crippen molar-refractivity contribution in [2.75, 3.05) is 24.3 Å². The zero-order valence-corrected chi connectivity index (χ0v) is 20.4. The average Bonchev–Trinajstić information content (AvgIpc) is 3.32. The summed E-state index contributed by atoms with van der Waals surface area (Å²) >= 11 is 0. The molecule has 0 aliphatic heterocycles. The number of amides is 2. The molecule has 6 heteroatoms. The summed E-state index contributed by atoms with van der Waals surface area (Å²) in [4.78, 5) is 30.0. The fraction of sp³-hybridized carbons (Fsp3) is 0.481. The Labute approximate surface area is 197 Å². The quantitative estimate of drug-likeness (QED) is 0.557. The molecule has 1 fully saturated rings. The van der Waals surface area contributed by atoms with Crippen molar-refractivity contribution in [3.05, 3.63) is 59.4 Å². The van der Waals surface area contributed by atoms with Gasteiger partial charge in [0.25, 0.3) is 5.91 Å². The Bertz CT molecular complexity index is 966. The minimum absolute atomic E-state index is 0.0331. The first kappa shape index (κ1) is 24.7. The van der Waals surface area contributed by atoms with E-state index in [1.807, 2.05) is 49.0 Å².